The van der Waals surface area contributed by atoms with E-state index >= 15 is 0 Å². The summed E-state index contributed by atoms with van der Waals surface area (Å²) in [4.78, 5) is 12.0. The van der Waals surface area contributed by atoms with Gasteiger partial charge in [0.1, 0.15) is 5.82 Å². The summed E-state index contributed by atoms with van der Waals surface area (Å²) in [5.74, 6) is 0.823. The van der Waals surface area contributed by atoms with E-state index in [0.29, 0.717) is 31.1 Å². The molecule has 1 N–H and O–H groups in total. The Kier molecular flexibility index (Phi) is 4.23. The molecule has 0 aromatic heterocycles. The van der Waals surface area contributed by atoms with Crippen LogP contribution in [-0.4, -0.2) is 19.1 Å². The number of ether oxygens (including phenoxy) is 2. The van der Waals surface area contributed by atoms with E-state index in [1.165, 1.54) is 24.3 Å². The fourth-order valence-electron chi connectivity index (χ4n) is 2.20. The van der Waals surface area contributed by atoms with Gasteiger partial charge in [0.2, 0.25) is 0 Å². The van der Waals surface area contributed by atoms with Gasteiger partial charge in [0.25, 0.3) is 5.91 Å². The first kappa shape index (κ1) is 14.4. The quantitative estimate of drug-likeness (QED) is 0.948. The molecule has 0 atom stereocenters. The zero-order valence-electron chi connectivity index (χ0n) is 12.0. The zero-order chi connectivity index (χ0) is 15.4. The molecule has 1 amide bonds. The highest BCUT2D eigenvalue weighted by Gasteiger charge is 2.11. The van der Waals surface area contributed by atoms with E-state index in [1.54, 1.807) is 0 Å². The molecule has 0 unspecified atom stereocenters. The second kappa shape index (κ2) is 6.47. The maximum Gasteiger partial charge on any atom is 0.251 e. The lowest BCUT2D eigenvalue weighted by atomic mass is 10.1. The molecular formula is C17H16FNO3. The van der Waals surface area contributed by atoms with Crippen molar-refractivity contribution in [3.05, 3.63) is 59.4 Å². The summed E-state index contributed by atoms with van der Waals surface area (Å²) in [7, 11) is 0. The topological polar surface area (TPSA) is 47.6 Å². The molecule has 1 aliphatic rings. The predicted octanol–water partition coefficient (Wildman–Crippen LogP) is 2.92. The molecule has 0 radical (unpaired) electrons. The molecule has 3 rings (SSSR count). The van der Waals surface area contributed by atoms with Crippen molar-refractivity contribution in [2.75, 3.05) is 13.2 Å². The van der Waals surface area contributed by atoms with Crippen molar-refractivity contribution in [3.63, 3.8) is 0 Å². The summed E-state index contributed by atoms with van der Waals surface area (Å²) < 4.78 is 24.0. The van der Waals surface area contributed by atoms with E-state index in [0.717, 1.165) is 17.7 Å². The minimum Gasteiger partial charge on any atom is -0.490 e. The van der Waals surface area contributed by atoms with Crippen molar-refractivity contribution >= 4 is 5.91 Å². The van der Waals surface area contributed by atoms with Gasteiger partial charge in [-0.3, -0.25) is 4.79 Å². The lowest BCUT2D eigenvalue weighted by Crippen LogP contribution is -2.22. The van der Waals surface area contributed by atoms with Crippen LogP contribution in [0.4, 0.5) is 4.39 Å². The molecule has 0 saturated heterocycles. The van der Waals surface area contributed by atoms with Crippen LogP contribution in [0.25, 0.3) is 0 Å². The van der Waals surface area contributed by atoms with Crippen molar-refractivity contribution in [3.8, 4) is 11.5 Å². The number of rotatable bonds is 3. The SMILES string of the molecule is O=C(NCc1ccc2c(c1)OCCCO2)c1ccc(F)cc1. The highest BCUT2D eigenvalue weighted by molar-refractivity contribution is 5.94. The van der Waals surface area contributed by atoms with Gasteiger partial charge in [0, 0.05) is 18.5 Å². The largest absolute Gasteiger partial charge is 0.490 e. The summed E-state index contributed by atoms with van der Waals surface area (Å²) in [5, 5.41) is 2.80. The van der Waals surface area contributed by atoms with Crippen LogP contribution in [0.1, 0.15) is 22.3 Å². The lowest BCUT2D eigenvalue weighted by Gasteiger charge is -2.10. The summed E-state index contributed by atoms with van der Waals surface area (Å²) in [6.07, 6.45) is 0.852. The molecule has 5 heteroatoms. The number of hydrogen-bond donors (Lipinski definition) is 1. The molecule has 1 aliphatic heterocycles. The van der Waals surface area contributed by atoms with Crippen molar-refractivity contribution in [2.45, 2.75) is 13.0 Å². The molecular weight excluding hydrogens is 285 g/mol. The number of halogens is 1. The zero-order valence-corrected chi connectivity index (χ0v) is 12.0. The van der Waals surface area contributed by atoms with Crippen LogP contribution >= 0.6 is 0 Å². The average molecular weight is 301 g/mol. The second-order valence-electron chi connectivity index (χ2n) is 5.02. The third-order valence-electron chi connectivity index (χ3n) is 3.37. The number of fused-ring (bicyclic) bond motifs is 1. The van der Waals surface area contributed by atoms with Crippen molar-refractivity contribution in [1.29, 1.82) is 0 Å². The first-order valence-corrected chi connectivity index (χ1v) is 7.15. The first-order valence-electron chi connectivity index (χ1n) is 7.15. The third kappa shape index (κ3) is 3.36. The number of carbonyl (C=O) groups excluding carboxylic acids is 1. The fraction of sp³-hybridized carbons (Fsp3) is 0.235. The van der Waals surface area contributed by atoms with Crippen LogP contribution in [0.15, 0.2) is 42.5 Å². The Balaban J connectivity index is 1.65. The normalized spacial score (nSPS) is 13.3. The third-order valence-corrected chi connectivity index (χ3v) is 3.37. The van der Waals surface area contributed by atoms with Gasteiger partial charge in [0.15, 0.2) is 11.5 Å². The van der Waals surface area contributed by atoms with E-state index in [-0.39, 0.29) is 11.7 Å². The van der Waals surface area contributed by atoms with E-state index in [1.807, 2.05) is 18.2 Å². The fourth-order valence-corrected chi connectivity index (χ4v) is 2.20. The Morgan fingerprint density at radius 3 is 2.55 bits per heavy atom. The molecule has 22 heavy (non-hydrogen) atoms. The van der Waals surface area contributed by atoms with Crippen LogP contribution < -0.4 is 14.8 Å². The molecule has 0 bridgehead atoms. The van der Waals surface area contributed by atoms with Crippen LogP contribution in [0, 0.1) is 5.82 Å². The molecule has 114 valence electrons. The Morgan fingerprint density at radius 2 is 1.77 bits per heavy atom. The number of amides is 1. The minimum absolute atomic E-state index is 0.243. The maximum atomic E-state index is 12.8. The monoisotopic (exact) mass is 301 g/mol. The number of benzene rings is 2. The number of hydrogen-bond acceptors (Lipinski definition) is 3. The molecule has 4 nitrogen and oxygen atoms in total. The van der Waals surface area contributed by atoms with Crippen LogP contribution in [0.2, 0.25) is 0 Å². The average Bonchev–Trinajstić information content (AvgIpc) is 2.78. The minimum atomic E-state index is -0.362. The van der Waals surface area contributed by atoms with Crippen LogP contribution in [0.5, 0.6) is 11.5 Å². The first-order chi connectivity index (χ1) is 10.7. The van der Waals surface area contributed by atoms with Gasteiger partial charge in [0.05, 0.1) is 13.2 Å². The van der Waals surface area contributed by atoms with Crippen LogP contribution in [0.3, 0.4) is 0 Å². The number of carbonyl (C=O) groups is 1. The molecule has 0 aliphatic carbocycles. The van der Waals surface area contributed by atoms with E-state index in [2.05, 4.69) is 5.32 Å². The van der Waals surface area contributed by atoms with Gasteiger partial charge >= 0.3 is 0 Å². The standard InChI is InChI=1S/C17H16FNO3/c18-14-5-3-13(4-6-14)17(20)19-11-12-2-7-15-16(10-12)22-9-1-8-21-15/h2-7,10H,1,8-9,11H2,(H,19,20). The second-order valence-corrected chi connectivity index (χ2v) is 5.02. The Bertz CT molecular complexity index is 670. The highest BCUT2D eigenvalue weighted by Crippen LogP contribution is 2.30. The predicted molar refractivity (Wildman–Crippen MR) is 79.6 cm³/mol. The van der Waals surface area contributed by atoms with Gasteiger partial charge < -0.3 is 14.8 Å². The van der Waals surface area contributed by atoms with E-state index < -0.39 is 0 Å². The van der Waals surface area contributed by atoms with Gasteiger partial charge in [-0.25, -0.2) is 4.39 Å². The summed E-state index contributed by atoms with van der Waals surface area (Å²) in [5.41, 5.74) is 1.34. The van der Waals surface area contributed by atoms with E-state index in [9.17, 15) is 9.18 Å². The van der Waals surface area contributed by atoms with Gasteiger partial charge in [-0.2, -0.15) is 0 Å². The molecule has 2 aromatic rings. The molecule has 0 fully saturated rings. The highest BCUT2D eigenvalue weighted by atomic mass is 19.1. The van der Waals surface area contributed by atoms with Gasteiger partial charge in [-0.15, -0.1) is 0 Å². The molecule has 0 saturated carbocycles. The summed E-state index contributed by atoms with van der Waals surface area (Å²) >= 11 is 0. The Labute approximate surface area is 127 Å². The Morgan fingerprint density at radius 1 is 1.05 bits per heavy atom. The van der Waals surface area contributed by atoms with Gasteiger partial charge in [-0.05, 0) is 42.0 Å². The number of nitrogens with one attached hydrogen (secondary N) is 1. The molecule has 1 heterocycles. The smallest absolute Gasteiger partial charge is 0.251 e. The molecule has 2 aromatic carbocycles. The van der Waals surface area contributed by atoms with Crippen molar-refractivity contribution in [2.24, 2.45) is 0 Å². The van der Waals surface area contributed by atoms with Crippen molar-refractivity contribution < 1.29 is 18.7 Å². The van der Waals surface area contributed by atoms with Crippen molar-refractivity contribution in [1.82, 2.24) is 5.32 Å². The molecule has 0 spiro atoms. The summed E-state index contributed by atoms with van der Waals surface area (Å²) in [6, 6.07) is 11.0. The summed E-state index contributed by atoms with van der Waals surface area (Å²) in [6.45, 7) is 1.64. The van der Waals surface area contributed by atoms with Gasteiger partial charge in [-0.1, -0.05) is 6.07 Å². The maximum absolute atomic E-state index is 12.8. The Hall–Kier alpha value is -2.56. The lowest BCUT2D eigenvalue weighted by molar-refractivity contribution is 0.0951. The van der Waals surface area contributed by atoms with E-state index in [4.69, 9.17) is 9.47 Å². The van der Waals surface area contributed by atoms with Crippen LogP contribution in [-0.2, 0) is 6.54 Å².